The molecule has 0 aliphatic heterocycles. The van der Waals surface area contributed by atoms with Crippen molar-refractivity contribution in [2.45, 2.75) is 33.6 Å². The SMILES string of the molecule is CCC/C=N/c1cc(C)cc(C(C)=O)c1. The first kappa shape index (κ1) is 11.6. The molecule has 1 aromatic carbocycles. The van der Waals surface area contributed by atoms with Crippen molar-refractivity contribution < 1.29 is 4.79 Å². The Bertz CT molecular complexity index is 380. The van der Waals surface area contributed by atoms with Crippen LogP contribution in [0.2, 0.25) is 0 Å². The molecular formula is C13H17NO. The highest BCUT2D eigenvalue weighted by Crippen LogP contribution is 2.17. The van der Waals surface area contributed by atoms with Crippen LogP contribution in [0.25, 0.3) is 0 Å². The van der Waals surface area contributed by atoms with Crippen LogP contribution in [0.4, 0.5) is 5.69 Å². The molecule has 0 spiro atoms. The van der Waals surface area contributed by atoms with Gasteiger partial charge < -0.3 is 0 Å². The van der Waals surface area contributed by atoms with E-state index in [4.69, 9.17) is 0 Å². The van der Waals surface area contributed by atoms with Crippen LogP contribution < -0.4 is 0 Å². The van der Waals surface area contributed by atoms with Crippen molar-refractivity contribution in [3.05, 3.63) is 29.3 Å². The molecule has 1 rings (SSSR count). The zero-order valence-electron chi connectivity index (χ0n) is 9.58. The Kier molecular flexibility index (Phi) is 4.22. The van der Waals surface area contributed by atoms with Crippen LogP contribution in [0.15, 0.2) is 23.2 Å². The minimum atomic E-state index is 0.0886. The van der Waals surface area contributed by atoms with Gasteiger partial charge in [0.25, 0.3) is 0 Å². The fraction of sp³-hybridized carbons (Fsp3) is 0.385. The minimum absolute atomic E-state index is 0.0886. The Balaban J connectivity index is 2.93. The smallest absolute Gasteiger partial charge is 0.159 e. The first-order valence-corrected chi connectivity index (χ1v) is 5.28. The number of hydrogen-bond acceptors (Lipinski definition) is 2. The number of rotatable bonds is 4. The highest BCUT2D eigenvalue weighted by molar-refractivity contribution is 5.95. The van der Waals surface area contributed by atoms with Gasteiger partial charge in [-0.25, -0.2) is 0 Å². The highest BCUT2D eigenvalue weighted by atomic mass is 16.1. The number of nitrogens with zero attached hydrogens (tertiary/aromatic N) is 1. The third kappa shape index (κ3) is 3.66. The summed E-state index contributed by atoms with van der Waals surface area (Å²) in [5, 5.41) is 0. The quantitative estimate of drug-likeness (QED) is 0.542. The molecule has 80 valence electrons. The standard InChI is InChI=1S/C13H17NO/c1-4-5-6-14-13-8-10(2)7-12(9-13)11(3)15/h6-9H,4-5H2,1-3H3/b14-6+. The summed E-state index contributed by atoms with van der Waals surface area (Å²) in [7, 11) is 0. The molecule has 1 aromatic rings. The summed E-state index contributed by atoms with van der Waals surface area (Å²) in [6, 6.07) is 5.71. The maximum Gasteiger partial charge on any atom is 0.159 e. The van der Waals surface area contributed by atoms with E-state index in [9.17, 15) is 4.79 Å². The van der Waals surface area contributed by atoms with Gasteiger partial charge in [-0.15, -0.1) is 0 Å². The predicted octanol–water partition coefficient (Wildman–Crippen LogP) is 3.70. The lowest BCUT2D eigenvalue weighted by molar-refractivity contribution is 0.101. The Morgan fingerprint density at radius 3 is 2.73 bits per heavy atom. The molecule has 2 nitrogen and oxygen atoms in total. The normalized spacial score (nSPS) is 10.9. The van der Waals surface area contributed by atoms with Gasteiger partial charge in [0.1, 0.15) is 0 Å². The van der Waals surface area contributed by atoms with Gasteiger partial charge in [0.05, 0.1) is 5.69 Å². The van der Waals surface area contributed by atoms with Gasteiger partial charge in [-0.1, -0.05) is 13.3 Å². The molecule has 0 amide bonds. The third-order valence-corrected chi connectivity index (χ3v) is 2.13. The molecule has 0 aliphatic rings. The zero-order chi connectivity index (χ0) is 11.3. The second-order valence-electron chi connectivity index (χ2n) is 3.71. The second-order valence-corrected chi connectivity index (χ2v) is 3.71. The molecule has 2 heteroatoms. The lowest BCUT2D eigenvalue weighted by Gasteiger charge is -2.00. The molecular weight excluding hydrogens is 186 g/mol. The van der Waals surface area contributed by atoms with Crippen LogP contribution in [0.1, 0.15) is 42.6 Å². The van der Waals surface area contributed by atoms with E-state index in [0.29, 0.717) is 0 Å². The van der Waals surface area contributed by atoms with E-state index in [2.05, 4.69) is 11.9 Å². The van der Waals surface area contributed by atoms with Crippen molar-refractivity contribution in [1.82, 2.24) is 0 Å². The summed E-state index contributed by atoms with van der Waals surface area (Å²) in [6.45, 7) is 5.67. The molecule has 0 heterocycles. The van der Waals surface area contributed by atoms with E-state index in [1.165, 1.54) is 0 Å². The van der Waals surface area contributed by atoms with E-state index in [1.54, 1.807) is 6.92 Å². The Hall–Kier alpha value is -1.44. The van der Waals surface area contributed by atoms with Crippen molar-refractivity contribution >= 4 is 17.7 Å². The first-order valence-electron chi connectivity index (χ1n) is 5.28. The molecule has 0 fully saturated rings. The van der Waals surface area contributed by atoms with Crippen molar-refractivity contribution in [3.63, 3.8) is 0 Å². The minimum Gasteiger partial charge on any atom is -0.295 e. The molecule has 0 aliphatic carbocycles. The summed E-state index contributed by atoms with van der Waals surface area (Å²) < 4.78 is 0. The molecule has 15 heavy (non-hydrogen) atoms. The first-order chi connectivity index (χ1) is 7.13. The van der Waals surface area contributed by atoms with Crippen molar-refractivity contribution in [1.29, 1.82) is 0 Å². The van der Waals surface area contributed by atoms with Crippen molar-refractivity contribution in [3.8, 4) is 0 Å². The summed E-state index contributed by atoms with van der Waals surface area (Å²) in [6.07, 6.45) is 3.97. The number of hydrogen-bond donors (Lipinski definition) is 0. The largest absolute Gasteiger partial charge is 0.295 e. The summed E-state index contributed by atoms with van der Waals surface area (Å²) in [4.78, 5) is 15.6. The lowest BCUT2D eigenvalue weighted by atomic mass is 10.1. The van der Waals surface area contributed by atoms with Crippen molar-refractivity contribution in [2.75, 3.05) is 0 Å². The number of Topliss-reactive ketones (excluding diaryl/α,β-unsaturated/α-hetero) is 1. The van der Waals surface area contributed by atoms with Gasteiger partial charge in [0.15, 0.2) is 5.78 Å². The van der Waals surface area contributed by atoms with E-state index >= 15 is 0 Å². The maximum atomic E-state index is 11.2. The molecule has 0 bridgehead atoms. The van der Waals surface area contributed by atoms with Crippen LogP contribution in [-0.4, -0.2) is 12.0 Å². The predicted molar refractivity (Wildman–Crippen MR) is 64.2 cm³/mol. The number of benzene rings is 1. The second kappa shape index (κ2) is 5.44. The van der Waals surface area contributed by atoms with E-state index in [1.807, 2.05) is 31.3 Å². The van der Waals surface area contributed by atoms with Crippen LogP contribution in [0.3, 0.4) is 0 Å². The summed E-state index contributed by atoms with van der Waals surface area (Å²) >= 11 is 0. The number of unbranched alkanes of at least 4 members (excludes halogenated alkanes) is 1. The molecule has 0 unspecified atom stereocenters. The Labute approximate surface area is 91.0 Å². The van der Waals surface area contributed by atoms with E-state index < -0.39 is 0 Å². The number of carbonyl (C=O) groups excluding carboxylic acids is 1. The van der Waals surface area contributed by atoms with E-state index in [-0.39, 0.29) is 5.78 Å². The van der Waals surface area contributed by atoms with Crippen LogP contribution in [0, 0.1) is 6.92 Å². The average Bonchev–Trinajstić information content (AvgIpc) is 2.17. The third-order valence-electron chi connectivity index (χ3n) is 2.13. The van der Waals surface area contributed by atoms with Gasteiger partial charge in [-0.3, -0.25) is 9.79 Å². The number of aryl methyl sites for hydroxylation is 1. The number of carbonyl (C=O) groups is 1. The van der Waals surface area contributed by atoms with Crippen LogP contribution in [0.5, 0.6) is 0 Å². The van der Waals surface area contributed by atoms with Gasteiger partial charge >= 0.3 is 0 Å². The van der Waals surface area contributed by atoms with Gasteiger partial charge in [-0.05, 0) is 44.0 Å². The fourth-order valence-corrected chi connectivity index (χ4v) is 1.34. The molecule has 0 radical (unpaired) electrons. The van der Waals surface area contributed by atoms with E-state index in [0.717, 1.165) is 29.7 Å². The molecule has 0 aromatic heterocycles. The topological polar surface area (TPSA) is 29.4 Å². The van der Waals surface area contributed by atoms with Gasteiger partial charge in [0.2, 0.25) is 0 Å². The number of ketones is 1. The molecule has 0 saturated carbocycles. The highest BCUT2D eigenvalue weighted by Gasteiger charge is 2.01. The average molecular weight is 203 g/mol. The summed E-state index contributed by atoms with van der Waals surface area (Å²) in [5.74, 6) is 0.0886. The Morgan fingerprint density at radius 1 is 1.40 bits per heavy atom. The molecule has 0 N–H and O–H groups in total. The number of aliphatic imine (C=N–C) groups is 1. The van der Waals surface area contributed by atoms with Gasteiger partial charge in [0, 0.05) is 11.8 Å². The summed E-state index contributed by atoms with van der Waals surface area (Å²) in [5.41, 5.74) is 2.68. The van der Waals surface area contributed by atoms with Crippen LogP contribution >= 0.6 is 0 Å². The van der Waals surface area contributed by atoms with Gasteiger partial charge in [-0.2, -0.15) is 0 Å². The molecule has 0 atom stereocenters. The van der Waals surface area contributed by atoms with Crippen LogP contribution in [-0.2, 0) is 0 Å². The Morgan fingerprint density at radius 2 is 2.13 bits per heavy atom. The maximum absolute atomic E-state index is 11.2. The zero-order valence-corrected chi connectivity index (χ0v) is 9.58. The molecule has 0 saturated heterocycles. The monoisotopic (exact) mass is 203 g/mol. The van der Waals surface area contributed by atoms with Crippen molar-refractivity contribution in [2.24, 2.45) is 4.99 Å². The lowest BCUT2D eigenvalue weighted by Crippen LogP contribution is -1.92. The fourth-order valence-electron chi connectivity index (χ4n) is 1.34.